The van der Waals surface area contributed by atoms with E-state index in [9.17, 15) is 9.59 Å². The van der Waals surface area contributed by atoms with Crippen molar-refractivity contribution in [3.8, 4) is 10.4 Å². The Labute approximate surface area is 153 Å². The summed E-state index contributed by atoms with van der Waals surface area (Å²) in [4.78, 5) is 31.1. The van der Waals surface area contributed by atoms with Gasteiger partial charge in [0.2, 0.25) is 0 Å². The van der Waals surface area contributed by atoms with Crippen LogP contribution >= 0.6 is 22.7 Å². The van der Waals surface area contributed by atoms with Crippen molar-refractivity contribution >= 4 is 38.9 Å². The quantitative estimate of drug-likeness (QED) is 0.583. The molecule has 3 aromatic rings. The monoisotopic (exact) mass is 376 g/mol. The molecule has 0 spiro atoms. The van der Waals surface area contributed by atoms with Crippen molar-refractivity contribution < 1.29 is 9.53 Å². The van der Waals surface area contributed by atoms with Crippen molar-refractivity contribution in [1.82, 2.24) is 9.55 Å². The summed E-state index contributed by atoms with van der Waals surface area (Å²) in [6.07, 6.45) is 2.52. The first-order valence-corrected chi connectivity index (χ1v) is 10.0. The molecule has 0 saturated heterocycles. The lowest BCUT2D eigenvalue weighted by atomic mass is 10.2. The molecule has 132 valence electrons. The zero-order valence-corrected chi connectivity index (χ0v) is 15.9. The summed E-state index contributed by atoms with van der Waals surface area (Å²) in [5, 5.41) is 4.71. The lowest BCUT2D eigenvalue weighted by Gasteiger charge is -2.12. The first-order valence-electron chi connectivity index (χ1n) is 8.27. The van der Waals surface area contributed by atoms with E-state index in [2.05, 4.69) is 11.7 Å². The average Bonchev–Trinajstić information content (AvgIpc) is 3.26. The van der Waals surface area contributed by atoms with Crippen LogP contribution in [0.15, 0.2) is 27.7 Å². The number of methoxy groups -OCH3 is 1. The van der Waals surface area contributed by atoms with Crippen molar-refractivity contribution in [3.63, 3.8) is 0 Å². The zero-order chi connectivity index (χ0) is 17.8. The third kappa shape index (κ3) is 3.67. The van der Waals surface area contributed by atoms with E-state index in [1.807, 2.05) is 22.9 Å². The molecular weight excluding hydrogens is 356 g/mol. The molecule has 3 rings (SSSR count). The van der Waals surface area contributed by atoms with Gasteiger partial charge in [0.15, 0.2) is 0 Å². The molecule has 3 aromatic heterocycles. The number of aryl methyl sites for hydroxylation is 1. The number of rotatable bonds is 7. The van der Waals surface area contributed by atoms with Crippen molar-refractivity contribution in [3.05, 3.63) is 39.1 Å². The fourth-order valence-corrected chi connectivity index (χ4v) is 4.58. The number of aromatic nitrogens is 2. The van der Waals surface area contributed by atoms with Crippen LogP contribution in [0.3, 0.4) is 0 Å². The molecule has 5 nitrogen and oxygen atoms in total. The molecule has 0 bridgehead atoms. The van der Waals surface area contributed by atoms with E-state index in [1.165, 1.54) is 18.4 Å². The van der Waals surface area contributed by atoms with Crippen LogP contribution in [0.25, 0.3) is 20.7 Å². The second-order valence-electron chi connectivity index (χ2n) is 5.72. The van der Waals surface area contributed by atoms with E-state index >= 15 is 0 Å². The predicted octanol–water partition coefficient (Wildman–Crippen LogP) is 4.09. The summed E-state index contributed by atoms with van der Waals surface area (Å²) >= 11 is 3.13. The van der Waals surface area contributed by atoms with Crippen molar-refractivity contribution in [2.75, 3.05) is 7.11 Å². The maximum absolute atomic E-state index is 13.2. The number of thiophene rings is 2. The number of hydrogen-bond donors (Lipinski definition) is 0. The van der Waals surface area contributed by atoms with Crippen LogP contribution in [0.5, 0.6) is 0 Å². The Hall–Kier alpha value is -1.99. The second-order valence-corrected chi connectivity index (χ2v) is 7.53. The third-order valence-electron chi connectivity index (χ3n) is 4.02. The average molecular weight is 377 g/mol. The van der Waals surface area contributed by atoms with Gasteiger partial charge in [-0.1, -0.05) is 13.0 Å². The first kappa shape index (κ1) is 17.8. The lowest BCUT2D eigenvalue weighted by Crippen LogP contribution is -2.25. The van der Waals surface area contributed by atoms with Crippen LogP contribution in [-0.4, -0.2) is 22.6 Å². The lowest BCUT2D eigenvalue weighted by molar-refractivity contribution is -0.140. The summed E-state index contributed by atoms with van der Waals surface area (Å²) in [5.74, 6) is 0.540. The van der Waals surface area contributed by atoms with Crippen LogP contribution in [0.2, 0.25) is 0 Å². The van der Waals surface area contributed by atoms with Crippen molar-refractivity contribution in [1.29, 1.82) is 0 Å². The SMILES string of the molecule is CCCc1nc2scc(-c3cccs3)c2c(=O)n1CCCC(=O)OC. The van der Waals surface area contributed by atoms with Gasteiger partial charge in [-0.3, -0.25) is 14.2 Å². The molecule has 0 radical (unpaired) electrons. The topological polar surface area (TPSA) is 61.2 Å². The van der Waals surface area contributed by atoms with E-state index in [4.69, 9.17) is 4.98 Å². The molecule has 0 aliphatic rings. The molecule has 0 aliphatic heterocycles. The fraction of sp³-hybridized carbons (Fsp3) is 0.389. The smallest absolute Gasteiger partial charge is 0.305 e. The molecule has 0 saturated carbocycles. The Morgan fingerprint density at radius 3 is 2.88 bits per heavy atom. The number of carbonyl (C=O) groups is 1. The molecule has 0 unspecified atom stereocenters. The normalized spacial score (nSPS) is 11.1. The first-order chi connectivity index (χ1) is 12.2. The van der Waals surface area contributed by atoms with Crippen LogP contribution in [0.1, 0.15) is 32.0 Å². The van der Waals surface area contributed by atoms with Gasteiger partial charge in [-0.2, -0.15) is 0 Å². The molecule has 0 fully saturated rings. The minimum atomic E-state index is -0.256. The van der Waals surface area contributed by atoms with Gasteiger partial charge in [0, 0.05) is 35.2 Å². The maximum Gasteiger partial charge on any atom is 0.305 e. The van der Waals surface area contributed by atoms with Crippen molar-refractivity contribution in [2.45, 2.75) is 39.2 Å². The number of fused-ring (bicyclic) bond motifs is 1. The van der Waals surface area contributed by atoms with Gasteiger partial charge >= 0.3 is 5.97 Å². The molecule has 0 amide bonds. The van der Waals surface area contributed by atoms with E-state index in [1.54, 1.807) is 15.9 Å². The highest BCUT2D eigenvalue weighted by atomic mass is 32.1. The molecule has 3 heterocycles. The Morgan fingerprint density at radius 1 is 1.36 bits per heavy atom. The number of carbonyl (C=O) groups excluding carboxylic acids is 1. The predicted molar refractivity (Wildman–Crippen MR) is 102 cm³/mol. The Kier molecular flexibility index (Phi) is 5.65. The Bertz CT molecular complexity index is 926. The highest BCUT2D eigenvalue weighted by molar-refractivity contribution is 7.18. The standard InChI is InChI=1S/C18H20N2O3S2/c1-3-6-14-19-17-16(12(11-25-17)13-7-5-10-24-13)18(22)20(14)9-4-8-15(21)23-2/h5,7,10-11H,3-4,6,8-9H2,1-2H3. The van der Waals surface area contributed by atoms with Gasteiger partial charge in [0.1, 0.15) is 10.7 Å². The summed E-state index contributed by atoms with van der Waals surface area (Å²) in [7, 11) is 1.38. The molecule has 7 heteroatoms. The minimum Gasteiger partial charge on any atom is -0.469 e. The summed E-state index contributed by atoms with van der Waals surface area (Å²) in [6.45, 7) is 2.55. The van der Waals surface area contributed by atoms with Crippen LogP contribution in [0, 0.1) is 0 Å². The molecule has 0 N–H and O–H groups in total. The zero-order valence-electron chi connectivity index (χ0n) is 14.3. The Morgan fingerprint density at radius 2 is 2.20 bits per heavy atom. The number of esters is 1. The second kappa shape index (κ2) is 7.93. The maximum atomic E-state index is 13.2. The van der Waals surface area contributed by atoms with Crippen LogP contribution in [0.4, 0.5) is 0 Å². The largest absolute Gasteiger partial charge is 0.469 e. The number of nitrogens with zero attached hydrogens (tertiary/aromatic N) is 2. The van der Waals surface area contributed by atoms with Crippen LogP contribution in [-0.2, 0) is 22.5 Å². The van der Waals surface area contributed by atoms with E-state index < -0.39 is 0 Å². The van der Waals surface area contributed by atoms with Gasteiger partial charge < -0.3 is 4.74 Å². The van der Waals surface area contributed by atoms with Crippen molar-refractivity contribution in [2.24, 2.45) is 0 Å². The molecular formula is C18H20N2O3S2. The highest BCUT2D eigenvalue weighted by Crippen LogP contribution is 2.33. The third-order valence-corrected chi connectivity index (χ3v) is 5.80. The summed E-state index contributed by atoms with van der Waals surface area (Å²) in [5.41, 5.74) is 0.945. The van der Waals surface area contributed by atoms with Gasteiger partial charge in [-0.25, -0.2) is 4.98 Å². The van der Waals surface area contributed by atoms with Gasteiger partial charge in [0.25, 0.3) is 5.56 Å². The van der Waals surface area contributed by atoms with Gasteiger partial charge in [-0.15, -0.1) is 22.7 Å². The van der Waals surface area contributed by atoms with Gasteiger partial charge in [-0.05, 0) is 24.3 Å². The number of hydrogen-bond acceptors (Lipinski definition) is 6. The van der Waals surface area contributed by atoms with E-state index in [0.717, 1.165) is 33.9 Å². The number of ether oxygens (including phenoxy) is 1. The molecule has 25 heavy (non-hydrogen) atoms. The minimum absolute atomic E-state index is 0.0111. The fourth-order valence-electron chi connectivity index (χ4n) is 2.81. The highest BCUT2D eigenvalue weighted by Gasteiger charge is 2.17. The molecule has 0 aromatic carbocycles. The molecule has 0 atom stereocenters. The van der Waals surface area contributed by atoms with Crippen LogP contribution < -0.4 is 5.56 Å². The van der Waals surface area contributed by atoms with E-state index in [0.29, 0.717) is 24.8 Å². The summed E-state index contributed by atoms with van der Waals surface area (Å²) in [6, 6.07) is 4.00. The van der Waals surface area contributed by atoms with E-state index in [-0.39, 0.29) is 11.5 Å². The van der Waals surface area contributed by atoms with Gasteiger partial charge in [0.05, 0.1) is 12.5 Å². The summed E-state index contributed by atoms with van der Waals surface area (Å²) < 4.78 is 6.42. The Balaban J connectivity index is 2.04. The molecule has 0 aliphatic carbocycles.